The van der Waals surface area contributed by atoms with Gasteiger partial charge in [0, 0.05) is 13.1 Å². The molecule has 98 valence electrons. The van der Waals surface area contributed by atoms with Gasteiger partial charge < -0.3 is 15.2 Å². The monoisotopic (exact) mass is 251 g/mol. The Labute approximate surface area is 106 Å². The molecule has 0 saturated carbocycles. The number of carboxylic acid groups (broad SMARTS) is 1. The van der Waals surface area contributed by atoms with E-state index in [4.69, 9.17) is 9.84 Å². The first-order valence-corrected chi connectivity index (χ1v) is 5.82. The molecule has 5 heteroatoms. The van der Waals surface area contributed by atoms with Gasteiger partial charge in [0.15, 0.2) is 0 Å². The normalized spacial score (nSPS) is 10.1. The van der Waals surface area contributed by atoms with Crippen molar-refractivity contribution in [2.75, 3.05) is 13.2 Å². The van der Waals surface area contributed by atoms with Crippen LogP contribution in [0.4, 0.5) is 0 Å². The van der Waals surface area contributed by atoms with E-state index < -0.39 is 5.97 Å². The number of carbonyl (C=O) groups excluding carboxylic acids is 1. The topological polar surface area (TPSA) is 75.6 Å². The molecular formula is C13H17NO4. The van der Waals surface area contributed by atoms with E-state index in [0.29, 0.717) is 25.3 Å². The van der Waals surface area contributed by atoms with Crippen molar-refractivity contribution in [1.82, 2.24) is 5.32 Å². The lowest BCUT2D eigenvalue weighted by Gasteiger charge is -2.07. The second-order valence-electron chi connectivity index (χ2n) is 3.69. The number of nitrogens with one attached hydrogen (secondary N) is 1. The van der Waals surface area contributed by atoms with E-state index in [1.54, 1.807) is 31.2 Å². The average Bonchev–Trinajstić information content (AvgIpc) is 2.35. The summed E-state index contributed by atoms with van der Waals surface area (Å²) in [5.41, 5.74) is 0.981. The second kappa shape index (κ2) is 7.45. The van der Waals surface area contributed by atoms with Crippen molar-refractivity contribution in [3.05, 3.63) is 35.4 Å². The standard InChI is InChI=1S/C13H17NO4/c1-2-18-12(15)7-8-14-9-10-5-3-4-6-11(10)13(16)17/h3-6,14H,2,7-9H2,1H3,(H,16,17). The molecule has 1 rings (SSSR count). The predicted molar refractivity (Wildman–Crippen MR) is 66.4 cm³/mol. The van der Waals surface area contributed by atoms with Gasteiger partial charge in [0.05, 0.1) is 18.6 Å². The first kappa shape index (κ1) is 14.2. The lowest BCUT2D eigenvalue weighted by molar-refractivity contribution is -0.142. The molecule has 0 unspecified atom stereocenters. The summed E-state index contributed by atoms with van der Waals surface area (Å²) in [5, 5.41) is 12.0. The Balaban J connectivity index is 2.40. The number of hydrogen-bond acceptors (Lipinski definition) is 4. The lowest BCUT2D eigenvalue weighted by Crippen LogP contribution is -2.20. The van der Waals surface area contributed by atoms with Crippen molar-refractivity contribution in [3.63, 3.8) is 0 Å². The Morgan fingerprint density at radius 1 is 1.33 bits per heavy atom. The van der Waals surface area contributed by atoms with Crippen molar-refractivity contribution < 1.29 is 19.4 Å². The summed E-state index contributed by atoms with van der Waals surface area (Å²) < 4.78 is 4.78. The van der Waals surface area contributed by atoms with Crippen molar-refractivity contribution in [2.45, 2.75) is 19.9 Å². The van der Waals surface area contributed by atoms with Crippen LogP contribution in [0.5, 0.6) is 0 Å². The molecule has 0 aliphatic heterocycles. The SMILES string of the molecule is CCOC(=O)CCNCc1ccccc1C(=O)O. The molecule has 0 aromatic heterocycles. The number of hydrogen-bond donors (Lipinski definition) is 2. The molecular weight excluding hydrogens is 234 g/mol. The molecule has 1 aromatic carbocycles. The van der Waals surface area contributed by atoms with Crippen LogP contribution in [-0.4, -0.2) is 30.2 Å². The Kier molecular flexibility index (Phi) is 5.87. The molecule has 5 nitrogen and oxygen atoms in total. The Morgan fingerprint density at radius 2 is 2.06 bits per heavy atom. The van der Waals surface area contributed by atoms with E-state index in [1.165, 1.54) is 0 Å². The van der Waals surface area contributed by atoms with Crippen molar-refractivity contribution in [1.29, 1.82) is 0 Å². The zero-order valence-corrected chi connectivity index (χ0v) is 10.3. The quantitative estimate of drug-likeness (QED) is 0.566. The van der Waals surface area contributed by atoms with Crippen molar-refractivity contribution in [2.24, 2.45) is 0 Å². The fourth-order valence-corrected chi connectivity index (χ4v) is 1.53. The van der Waals surface area contributed by atoms with Gasteiger partial charge in [-0.1, -0.05) is 18.2 Å². The number of carboxylic acids is 1. The molecule has 0 aliphatic carbocycles. The van der Waals surface area contributed by atoms with Gasteiger partial charge in [0.1, 0.15) is 0 Å². The van der Waals surface area contributed by atoms with Gasteiger partial charge in [-0.15, -0.1) is 0 Å². The summed E-state index contributed by atoms with van der Waals surface area (Å²) >= 11 is 0. The van der Waals surface area contributed by atoms with E-state index in [9.17, 15) is 9.59 Å². The molecule has 0 radical (unpaired) electrons. The van der Waals surface area contributed by atoms with Crippen LogP contribution in [0.2, 0.25) is 0 Å². The molecule has 2 N–H and O–H groups in total. The largest absolute Gasteiger partial charge is 0.478 e. The lowest BCUT2D eigenvalue weighted by atomic mass is 10.1. The van der Waals surface area contributed by atoms with E-state index in [-0.39, 0.29) is 18.0 Å². The third-order valence-electron chi connectivity index (χ3n) is 2.37. The summed E-state index contributed by atoms with van der Waals surface area (Å²) in [5.74, 6) is -1.20. The smallest absolute Gasteiger partial charge is 0.336 e. The van der Waals surface area contributed by atoms with Crippen molar-refractivity contribution in [3.8, 4) is 0 Å². The van der Waals surface area contributed by atoms with E-state index >= 15 is 0 Å². The molecule has 0 saturated heterocycles. The minimum Gasteiger partial charge on any atom is -0.478 e. The number of esters is 1. The number of aromatic carboxylic acids is 1. The number of ether oxygens (including phenoxy) is 1. The van der Waals surface area contributed by atoms with E-state index in [1.807, 2.05) is 0 Å². The number of benzene rings is 1. The summed E-state index contributed by atoms with van der Waals surface area (Å²) in [6.07, 6.45) is 0.281. The van der Waals surface area contributed by atoms with Gasteiger partial charge >= 0.3 is 11.9 Å². The highest BCUT2D eigenvalue weighted by atomic mass is 16.5. The second-order valence-corrected chi connectivity index (χ2v) is 3.69. The van der Waals surface area contributed by atoms with E-state index in [2.05, 4.69) is 5.32 Å². The number of carbonyl (C=O) groups is 2. The maximum atomic E-state index is 11.1. The summed E-state index contributed by atoms with van der Waals surface area (Å²) in [6, 6.07) is 6.78. The highest BCUT2D eigenvalue weighted by Crippen LogP contribution is 2.08. The fourth-order valence-electron chi connectivity index (χ4n) is 1.53. The molecule has 0 aliphatic rings. The van der Waals surface area contributed by atoms with Gasteiger partial charge in [-0.25, -0.2) is 4.79 Å². The first-order valence-electron chi connectivity index (χ1n) is 5.82. The van der Waals surface area contributed by atoms with Gasteiger partial charge in [-0.3, -0.25) is 4.79 Å². The van der Waals surface area contributed by atoms with Crippen LogP contribution in [-0.2, 0) is 16.1 Å². The fraction of sp³-hybridized carbons (Fsp3) is 0.385. The third kappa shape index (κ3) is 4.55. The van der Waals surface area contributed by atoms with Crippen LogP contribution < -0.4 is 5.32 Å². The maximum absolute atomic E-state index is 11.1. The van der Waals surface area contributed by atoms with Crippen LogP contribution in [0.1, 0.15) is 29.3 Å². The molecule has 0 amide bonds. The maximum Gasteiger partial charge on any atom is 0.336 e. The Bertz CT molecular complexity index is 417. The van der Waals surface area contributed by atoms with Crippen molar-refractivity contribution >= 4 is 11.9 Å². The highest BCUT2D eigenvalue weighted by Gasteiger charge is 2.08. The molecule has 0 fully saturated rings. The van der Waals surface area contributed by atoms with Crippen LogP contribution in [0.3, 0.4) is 0 Å². The third-order valence-corrected chi connectivity index (χ3v) is 2.37. The van der Waals surface area contributed by atoms with Gasteiger partial charge in [0.2, 0.25) is 0 Å². The van der Waals surface area contributed by atoms with E-state index in [0.717, 1.165) is 0 Å². The summed E-state index contributed by atoms with van der Waals surface area (Å²) in [6.45, 7) is 3.02. The minimum absolute atomic E-state index is 0.253. The summed E-state index contributed by atoms with van der Waals surface area (Å²) in [4.78, 5) is 22.0. The molecule has 18 heavy (non-hydrogen) atoms. The van der Waals surface area contributed by atoms with Crippen LogP contribution in [0, 0.1) is 0 Å². The minimum atomic E-state index is -0.946. The molecule has 0 atom stereocenters. The van der Waals surface area contributed by atoms with Crippen LogP contribution in [0.25, 0.3) is 0 Å². The predicted octanol–water partition coefficient (Wildman–Crippen LogP) is 1.43. The van der Waals surface area contributed by atoms with Gasteiger partial charge in [-0.05, 0) is 18.6 Å². The number of rotatable bonds is 7. The Morgan fingerprint density at radius 3 is 2.72 bits per heavy atom. The molecule has 0 bridgehead atoms. The summed E-state index contributed by atoms with van der Waals surface area (Å²) in [7, 11) is 0. The van der Waals surface area contributed by atoms with Gasteiger partial charge in [-0.2, -0.15) is 0 Å². The first-order chi connectivity index (χ1) is 8.65. The molecule has 0 spiro atoms. The molecule has 0 heterocycles. The Hall–Kier alpha value is -1.88. The highest BCUT2D eigenvalue weighted by molar-refractivity contribution is 5.89. The van der Waals surface area contributed by atoms with Crippen LogP contribution >= 0.6 is 0 Å². The van der Waals surface area contributed by atoms with Crippen LogP contribution in [0.15, 0.2) is 24.3 Å². The average molecular weight is 251 g/mol. The zero-order chi connectivity index (χ0) is 13.4. The molecule has 1 aromatic rings. The van der Waals surface area contributed by atoms with Gasteiger partial charge in [0.25, 0.3) is 0 Å². The zero-order valence-electron chi connectivity index (χ0n) is 10.3.